The molecule has 2 rings (SSSR count). The Labute approximate surface area is 120 Å². The van der Waals surface area contributed by atoms with E-state index in [4.69, 9.17) is 10.2 Å². The van der Waals surface area contributed by atoms with Gasteiger partial charge >= 0.3 is 5.97 Å². The lowest BCUT2D eigenvalue weighted by Gasteiger charge is -2.14. The molecule has 108 valence electrons. The van der Waals surface area contributed by atoms with Gasteiger partial charge in [0.1, 0.15) is 21.9 Å². The summed E-state index contributed by atoms with van der Waals surface area (Å²) in [5.74, 6) is -0.286. The molecule has 0 aliphatic heterocycles. The number of hydrogen-bond donors (Lipinski definition) is 3. The molecule has 0 saturated carbocycles. The van der Waals surface area contributed by atoms with E-state index in [1.54, 1.807) is 6.92 Å². The number of carboxylic acid groups (broad SMARTS) is 1. The largest absolute Gasteiger partial charge is 0.477 e. The fraction of sp³-hybridized carbons (Fsp3) is 0.462. The molecule has 1 unspecified atom stereocenters. The second kappa shape index (κ2) is 6.15. The van der Waals surface area contributed by atoms with Gasteiger partial charge in [-0.05, 0) is 32.3 Å². The van der Waals surface area contributed by atoms with Gasteiger partial charge in [-0.15, -0.1) is 11.3 Å². The second-order valence-corrected chi connectivity index (χ2v) is 5.67. The Morgan fingerprint density at radius 3 is 2.90 bits per heavy atom. The summed E-state index contributed by atoms with van der Waals surface area (Å²) in [5.41, 5.74) is 0.690. The first-order valence-corrected chi connectivity index (χ1v) is 7.21. The Balaban J connectivity index is 2.36. The van der Waals surface area contributed by atoms with Crippen molar-refractivity contribution in [3.63, 3.8) is 0 Å². The zero-order valence-corrected chi connectivity index (χ0v) is 12.2. The molecule has 0 amide bonds. The van der Waals surface area contributed by atoms with Crippen LogP contribution in [-0.2, 0) is 0 Å². The molecule has 0 fully saturated rings. The third-order valence-electron chi connectivity index (χ3n) is 3.10. The van der Waals surface area contributed by atoms with Crippen molar-refractivity contribution in [2.24, 2.45) is 0 Å². The van der Waals surface area contributed by atoms with Crippen molar-refractivity contribution in [1.82, 2.24) is 9.97 Å². The highest BCUT2D eigenvalue weighted by Gasteiger charge is 2.19. The smallest absolute Gasteiger partial charge is 0.346 e. The zero-order valence-electron chi connectivity index (χ0n) is 11.4. The van der Waals surface area contributed by atoms with Crippen LogP contribution in [0.2, 0.25) is 0 Å². The summed E-state index contributed by atoms with van der Waals surface area (Å²) in [6.45, 7) is 3.93. The summed E-state index contributed by atoms with van der Waals surface area (Å²) in [6.07, 6.45) is 2.97. The lowest BCUT2D eigenvalue weighted by atomic mass is 10.1. The minimum absolute atomic E-state index is 0.146. The van der Waals surface area contributed by atoms with Gasteiger partial charge in [0.05, 0.1) is 5.39 Å². The van der Waals surface area contributed by atoms with Crippen LogP contribution in [0, 0.1) is 6.92 Å². The van der Waals surface area contributed by atoms with Gasteiger partial charge in [-0.2, -0.15) is 0 Å². The molecular formula is C13H17N3O3S. The highest BCUT2D eigenvalue weighted by Crippen LogP contribution is 2.33. The zero-order chi connectivity index (χ0) is 14.7. The van der Waals surface area contributed by atoms with Crippen LogP contribution < -0.4 is 5.32 Å². The molecule has 6 nitrogen and oxygen atoms in total. The monoisotopic (exact) mass is 295 g/mol. The third-order valence-corrected chi connectivity index (χ3v) is 4.29. The van der Waals surface area contributed by atoms with Crippen molar-refractivity contribution in [2.75, 3.05) is 11.9 Å². The van der Waals surface area contributed by atoms with Crippen LogP contribution in [0.5, 0.6) is 0 Å². The maximum absolute atomic E-state index is 11.2. The summed E-state index contributed by atoms with van der Waals surface area (Å²) in [5, 5.41) is 22.0. The van der Waals surface area contributed by atoms with Crippen LogP contribution in [-0.4, -0.2) is 38.8 Å². The van der Waals surface area contributed by atoms with Crippen molar-refractivity contribution < 1.29 is 15.0 Å². The first-order chi connectivity index (χ1) is 9.54. The SMILES string of the molecule is Cc1c(C(=O)O)sc2ncnc(NC(C)CCCO)c12. The van der Waals surface area contributed by atoms with Gasteiger partial charge < -0.3 is 15.5 Å². The van der Waals surface area contributed by atoms with E-state index < -0.39 is 5.97 Å². The van der Waals surface area contributed by atoms with Crippen molar-refractivity contribution in [3.8, 4) is 0 Å². The second-order valence-electron chi connectivity index (χ2n) is 4.67. The number of nitrogens with one attached hydrogen (secondary N) is 1. The standard InChI is InChI=1S/C13H17N3O3S/c1-7(4-3-5-17)16-11-9-8(2)10(13(18)19)20-12(9)15-6-14-11/h6-7,17H,3-5H2,1-2H3,(H,18,19)(H,14,15,16). The minimum Gasteiger partial charge on any atom is -0.477 e. The first-order valence-electron chi connectivity index (χ1n) is 6.39. The number of aliphatic hydroxyl groups is 1. The van der Waals surface area contributed by atoms with E-state index in [-0.39, 0.29) is 12.6 Å². The fourth-order valence-corrected chi connectivity index (χ4v) is 3.08. The molecule has 7 heteroatoms. The number of hydrogen-bond acceptors (Lipinski definition) is 6. The van der Waals surface area contributed by atoms with Crippen LogP contribution in [0.3, 0.4) is 0 Å². The molecule has 0 bridgehead atoms. The number of aromatic carboxylic acids is 1. The van der Waals surface area contributed by atoms with Crippen molar-refractivity contribution in [3.05, 3.63) is 16.8 Å². The quantitative estimate of drug-likeness (QED) is 0.756. The molecule has 0 spiro atoms. The molecule has 20 heavy (non-hydrogen) atoms. The predicted molar refractivity (Wildman–Crippen MR) is 78.5 cm³/mol. The number of fused-ring (bicyclic) bond motifs is 1. The molecule has 2 aromatic rings. The van der Waals surface area contributed by atoms with E-state index in [2.05, 4.69) is 15.3 Å². The Hall–Kier alpha value is -1.73. The number of carboxylic acids is 1. The van der Waals surface area contributed by atoms with E-state index in [1.165, 1.54) is 6.33 Å². The molecule has 1 atom stereocenters. The molecule has 0 aromatic carbocycles. The summed E-state index contributed by atoms with van der Waals surface area (Å²) < 4.78 is 0. The van der Waals surface area contributed by atoms with Crippen LogP contribution in [0.1, 0.15) is 35.0 Å². The predicted octanol–water partition coefficient (Wildman–Crippen LogP) is 2.27. The fourth-order valence-electron chi connectivity index (χ4n) is 2.09. The third kappa shape index (κ3) is 2.88. The topological polar surface area (TPSA) is 95.3 Å². The number of carbonyl (C=O) groups is 1. The van der Waals surface area contributed by atoms with Crippen molar-refractivity contribution in [2.45, 2.75) is 32.7 Å². The van der Waals surface area contributed by atoms with Crippen LogP contribution in [0.25, 0.3) is 10.2 Å². The number of anilines is 1. The highest BCUT2D eigenvalue weighted by atomic mass is 32.1. The highest BCUT2D eigenvalue weighted by molar-refractivity contribution is 7.20. The maximum Gasteiger partial charge on any atom is 0.346 e. The van der Waals surface area contributed by atoms with Gasteiger partial charge in [-0.25, -0.2) is 14.8 Å². The van der Waals surface area contributed by atoms with Crippen LogP contribution in [0.15, 0.2) is 6.33 Å². The van der Waals surface area contributed by atoms with E-state index in [0.29, 0.717) is 27.5 Å². The molecular weight excluding hydrogens is 278 g/mol. The average Bonchev–Trinajstić information content (AvgIpc) is 2.75. The molecule has 0 radical (unpaired) electrons. The molecule has 3 N–H and O–H groups in total. The van der Waals surface area contributed by atoms with E-state index >= 15 is 0 Å². The van der Waals surface area contributed by atoms with E-state index in [9.17, 15) is 4.79 Å². The van der Waals surface area contributed by atoms with Crippen molar-refractivity contribution in [1.29, 1.82) is 0 Å². The molecule has 0 aliphatic carbocycles. The van der Waals surface area contributed by atoms with Gasteiger partial charge in [-0.1, -0.05) is 0 Å². The van der Waals surface area contributed by atoms with Gasteiger partial charge in [0, 0.05) is 12.6 Å². The Bertz CT molecular complexity index is 627. The first kappa shape index (κ1) is 14.7. The summed E-state index contributed by atoms with van der Waals surface area (Å²) in [7, 11) is 0. The average molecular weight is 295 g/mol. The number of nitrogens with zero attached hydrogens (tertiary/aromatic N) is 2. The van der Waals surface area contributed by atoms with Crippen LogP contribution in [0.4, 0.5) is 5.82 Å². The number of aryl methyl sites for hydroxylation is 1. The summed E-state index contributed by atoms with van der Waals surface area (Å²) >= 11 is 1.16. The summed E-state index contributed by atoms with van der Waals surface area (Å²) in [4.78, 5) is 20.5. The van der Waals surface area contributed by atoms with Crippen LogP contribution >= 0.6 is 11.3 Å². The van der Waals surface area contributed by atoms with Crippen molar-refractivity contribution >= 4 is 33.3 Å². The molecule has 0 aliphatic rings. The normalized spacial score (nSPS) is 12.6. The lowest BCUT2D eigenvalue weighted by molar-refractivity contribution is 0.0701. The molecule has 0 saturated heterocycles. The number of aliphatic hydroxyl groups excluding tert-OH is 1. The maximum atomic E-state index is 11.2. The molecule has 2 heterocycles. The number of aromatic nitrogens is 2. The Morgan fingerprint density at radius 1 is 1.50 bits per heavy atom. The number of rotatable bonds is 6. The van der Waals surface area contributed by atoms with Gasteiger partial charge in [0.25, 0.3) is 0 Å². The number of thiophene rings is 1. The van der Waals surface area contributed by atoms with E-state index in [1.807, 2.05) is 6.92 Å². The molecule has 2 aromatic heterocycles. The summed E-state index contributed by atoms with van der Waals surface area (Å²) in [6, 6.07) is 0.146. The van der Waals surface area contributed by atoms with Gasteiger partial charge in [0.2, 0.25) is 0 Å². The Morgan fingerprint density at radius 2 is 2.25 bits per heavy atom. The Kier molecular flexibility index (Phi) is 4.51. The van der Waals surface area contributed by atoms with E-state index in [0.717, 1.165) is 23.1 Å². The lowest BCUT2D eigenvalue weighted by Crippen LogP contribution is -2.16. The van der Waals surface area contributed by atoms with Gasteiger partial charge in [-0.3, -0.25) is 0 Å². The minimum atomic E-state index is -0.940. The van der Waals surface area contributed by atoms with Gasteiger partial charge in [0.15, 0.2) is 0 Å².